The number of anilines is 1. The minimum absolute atomic E-state index is 0.409. The van der Waals surface area contributed by atoms with E-state index in [0.29, 0.717) is 11.6 Å². The maximum atomic E-state index is 5.97. The molecule has 0 aromatic carbocycles. The molecule has 0 unspecified atom stereocenters. The van der Waals surface area contributed by atoms with Crippen LogP contribution in [0.4, 0.5) is 5.82 Å². The summed E-state index contributed by atoms with van der Waals surface area (Å²) in [5.41, 5.74) is 8.99. The highest BCUT2D eigenvalue weighted by Crippen LogP contribution is 2.24. The highest BCUT2D eigenvalue weighted by Gasteiger charge is 2.21. The van der Waals surface area contributed by atoms with Crippen LogP contribution in [0.3, 0.4) is 0 Å². The number of thiocarbonyl (C=S) groups is 1. The average molecular weight is 294 g/mol. The van der Waals surface area contributed by atoms with Gasteiger partial charge in [-0.2, -0.15) is 5.10 Å². The fraction of sp³-hybridized carbons (Fsp3) is 0.643. The molecule has 0 saturated carbocycles. The monoisotopic (exact) mass is 294 g/mol. The second kappa shape index (κ2) is 6.95. The molecule has 20 heavy (non-hydrogen) atoms. The van der Waals surface area contributed by atoms with Gasteiger partial charge in [0.2, 0.25) is 0 Å². The second-order valence-corrected chi connectivity index (χ2v) is 5.29. The van der Waals surface area contributed by atoms with E-state index in [1.165, 1.54) is 0 Å². The summed E-state index contributed by atoms with van der Waals surface area (Å²) in [6.45, 7) is 7.38. The molecule has 2 rings (SSSR count). The largest absolute Gasteiger partial charge is 0.389 e. The van der Waals surface area contributed by atoms with E-state index in [1.54, 1.807) is 0 Å². The van der Waals surface area contributed by atoms with Crippen LogP contribution in [-0.2, 0) is 17.6 Å². The lowest BCUT2D eigenvalue weighted by Gasteiger charge is -2.24. The lowest BCUT2D eigenvalue weighted by Crippen LogP contribution is -2.31. The first kappa shape index (κ1) is 15.1. The van der Waals surface area contributed by atoms with Crippen molar-refractivity contribution in [1.82, 2.24) is 10.2 Å². The molecule has 0 spiro atoms. The smallest absolute Gasteiger partial charge is 0.161 e. The van der Waals surface area contributed by atoms with Crippen LogP contribution in [0.1, 0.15) is 37.1 Å². The summed E-state index contributed by atoms with van der Waals surface area (Å²) >= 11 is 5.27. The summed E-state index contributed by atoms with van der Waals surface area (Å²) in [6.07, 6.45) is 2.69. The van der Waals surface area contributed by atoms with Gasteiger partial charge in [-0.15, -0.1) is 5.10 Å². The molecular weight excluding hydrogens is 272 g/mol. The lowest BCUT2D eigenvalue weighted by atomic mass is 10.0. The van der Waals surface area contributed by atoms with Gasteiger partial charge in [0.05, 0.1) is 17.9 Å². The van der Waals surface area contributed by atoms with Crippen molar-refractivity contribution in [3.8, 4) is 0 Å². The van der Waals surface area contributed by atoms with E-state index in [9.17, 15) is 0 Å². The van der Waals surface area contributed by atoms with Crippen molar-refractivity contribution in [2.24, 2.45) is 5.73 Å². The number of hydrogen-bond donors (Lipinski definition) is 1. The highest BCUT2D eigenvalue weighted by atomic mass is 32.1. The third-order valence-electron chi connectivity index (χ3n) is 3.60. The van der Waals surface area contributed by atoms with Crippen molar-refractivity contribution in [2.75, 3.05) is 31.2 Å². The minimum Gasteiger partial charge on any atom is -0.389 e. The van der Waals surface area contributed by atoms with E-state index in [4.69, 9.17) is 22.7 Å². The van der Waals surface area contributed by atoms with Gasteiger partial charge in [0.15, 0.2) is 5.82 Å². The number of nitrogens with two attached hydrogens (primary N) is 1. The number of nitrogens with zero attached hydrogens (tertiary/aromatic N) is 3. The van der Waals surface area contributed by atoms with Crippen molar-refractivity contribution >= 4 is 23.0 Å². The Morgan fingerprint density at radius 2 is 2.05 bits per heavy atom. The maximum absolute atomic E-state index is 5.97. The summed E-state index contributed by atoms with van der Waals surface area (Å²) in [6, 6.07) is 0. The number of aryl methyl sites for hydroxylation is 1. The Labute approximate surface area is 125 Å². The van der Waals surface area contributed by atoms with Crippen LogP contribution < -0.4 is 10.6 Å². The molecule has 0 amide bonds. The molecule has 6 heteroatoms. The molecular formula is C14H22N4OS. The number of hydrogen-bond acceptors (Lipinski definition) is 5. The molecule has 2 heterocycles. The van der Waals surface area contributed by atoms with Crippen LogP contribution >= 0.6 is 12.2 Å². The topological polar surface area (TPSA) is 64.3 Å². The van der Waals surface area contributed by atoms with Gasteiger partial charge in [-0.1, -0.05) is 26.1 Å². The summed E-state index contributed by atoms with van der Waals surface area (Å²) in [5, 5.41) is 8.77. The molecule has 1 aliphatic heterocycles. The second-order valence-electron chi connectivity index (χ2n) is 4.85. The Kier molecular flexibility index (Phi) is 5.25. The van der Waals surface area contributed by atoms with Gasteiger partial charge in [-0.05, 0) is 24.8 Å². The van der Waals surface area contributed by atoms with E-state index >= 15 is 0 Å². The molecule has 1 aromatic heterocycles. The van der Waals surface area contributed by atoms with E-state index in [0.717, 1.165) is 61.6 Å². The molecule has 1 saturated heterocycles. The van der Waals surface area contributed by atoms with E-state index in [2.05, 4.69) is 28.9 Å². The SMILES string of the molecule is CCc1nnc(N2CCCOCC2)c(C(N)=S)c1CC. The summed E-state index contributed by atoms with van der Waals surface area (Å²) in [7, 11) is 0. The van der Waals surface area contributed by atoms with Gasteiger partial charge >= 0.3 is 0 Å². The van der Waals surface area contributed by atoms with Crippen molar-refractivity contribution < 1.29 is 4.74 Å². The van der Waals surface area contributed by atoms with Gasteiger partial charge in [0, 0.05) is 19.7 Å². The third-order valence-corrected chi connectivity index (χ3v) is 3.80. The number of aromatic nitrogens is 2. The molecule has 110 valence electrons. The molecule has 0 bridgehead atoms. The zero-order valence-electron chi connectivity index (χ0n) is 12.2. The van der Waals surface area contributed by atoms with Crippen molar-refractivity contribution in [3.05, 3.63) is 16.8 Å². The van der Waals surface area contributed by atoms with Crippen LogP contribution in [0.15, 0.2) is 0 Å². The summed E-state index contributed by atoms with van der Waals surface area (Å²) < 4.78 is 5.49. The molecule has 2 N–H and O–H groups in total. The summed E-state index contributed by atoms with van der Waals surface area (Å²) in [4.78, 5) is 2.60. The van der Waals surface area contributed by atoms with Crippen LogP contribution in [0.5, 0.6) is 0 Å². The summed E-state index contributed by atoms with van der Waals surface area (Å²) in [5.74, 6) is 0.817. The lowest BCUT2D eigenvalue weighted by molar-refractivity contribution is 0.152. The van der Waals surface area contributed by atoms with E-state index < -0.39 is 0 Å². The Hall–Kier alpha value is -1.27. The normalized spacial score (nSPS) is 16.0. The molecule has 0 atom stereocenters. The van der Waals surface area contributed by atoms with Gasteiger partial charge < -0.3 is 15.4 Å². The van der Waals surface area contributed by atoms with Crippen LogP contribution in [0, 0.1) is 0 Å². The predicted octanol–water partition coefficient (Wildman–Crippen LogP) is 1.46. The van der Waals surface area contributed by atoms with E-state index in [-0.39, 0.29) is 0 Å². The first-order valence-electron chi connectivity index (χ1n) is 7.19. The fourth-order valence-electron chi connectivity index (χ4n) is 2.60. The van der Waals surface area contributed by atoms with Gasteiger partial charge in [-0.3, -0.25) is 0 Å². The van der Waals surface area contributed by atoms with Gasteiger partial charge in [0.1, 0.15) is 4.99 Å². The highest BCUT2D eigenvalue weighted by molar-refractivity contribution is 7.80. The van der Waals surface area contributed by atoms with Crippen LogP contribution in [0.2, 0.25) is 0 Å². The van der Waals surface area contributed by atoms with Crippen LogP contribution in [-0.4, -0.2) is 41.5 Å². The number of rotatable bonds is 4. The predicted molar refractivity (Wildman–Crippen MR) is 84.3 cm³/mol. The van der Waals surface area contributed by atoms with Crippen molar-refractivity contribution in [3.63, 3.8) is 0 Å². The van der Waals surface area contributed by atoms with Crippen molar-refractivity contribution in [2.45, 2.75) is 33.1 Å². The Morgan fingerprint density at radius 1 is 1.25 bits per heavy atom. The first-order chi connectivity index (χ1) is 9.69. The fourth-order valence-corrected chi connectivity index (χ4v) is 2.81. The van der Waals surface area contributed by atoms with Gasteiger partial charge in [0.25, 0.3) is 0 Å². The molecule has 5 nitrogen and oxygen atoms in total. The standard InChI is InChI=1S/C14H22N4OS/c1-3-10-11(4-2)16-17-14(12(10)13(15)20)18-6-5-8-19-9-7-18/h3-9H2,1-2H3,(H2,15,20). The zero-order chi connectivity index (χ0) is 14.5. The van der Waals surface area contributed by atoms with Crippen LogP contribution in [0.25, 0.3) is 0 Å². The molecule has 0 radical (unpaired) electrons. The van der Waals surface area contributed by atoms with Crippen molar-refractivity contribution in [1.29, 1.82) is 0 Å². The Bertz CT molecular complexity index is 484. The minimum atomic E-state index is 0.409. The van der Waals surface area contributed by atoms with Gasteiger partial charge in [-0.25, -0.2) is 0 Å². The molecule has 1 aliphatic rings. The van der Waals surface area contributed by atoms with E-state index in [1.807, 2.05) is 0 Å². The quantitative estimate of drug-likeness (QED) is 0.848. The zero-order valence-corrected chi connectivity index (χ0v) is 13.0. The Morgan fingerprint density at radius 3 is 2.70 bits per heavy atom. The molecule has 0 aliphatic carbocycles. The molecule has 1 fully saturated rings. The molecule has 1 aromatic rings. The average Bonchev–Trinajstić information content (AvgIpc) is 2.74. The third kappa shape index (κ3) is 3.07. The Balaban J connectivity index is 2.48. The maximum Gasteiger partial charge on any atom is 0.161 e. The first-order valence-corrected chi connectivity index (χ1v) is 7.60. The number of ether oxygens (including phenoxy) is 1.